The molecular formula is C26H28N4O7. The van der Waals surface area contributed by atoms with E-state index in [1.165, 1.54) is 4.90 Å². The summed E-state index contributed by atoms with van der Waals surface area (Å²) in [6.07, 6.45) is 4.33. The SMILES string of the molecule is COc1ccc(CN2C(=O)NC(Cc3ccc4[nH]cc(CCN)c4c3)C2=O)cc1.O=C(O)/C=C\C(=O)O. The fourth-order valence-electron chi connectivity index (χ4n) is 3.87. The number of aromatic nitrogens is 1. The van der Waals surface area contributed by atoms with Gasteiger partial charge in [0.05, 0.1) is 13.7 Å². The smallest absolute Gasteiger partial charge is 0.328 e. The quantitative estimate of drug-likeness (QED) is 0.215. The molecule has 3 aromatic rings. The fraction of sp³-hybridized carbons (Fsp3) is 0.231. The summed E-state index contributed by atoms with van der Waals surface area (Å²) in [5.74, 6) is -1.99. The minimum absolute atomic E-state index is 0.206. The van der Waals surface area contributed by atoms with Gasteiger partial charge >= 0.3 is 18.0 Å². The van der Waals surface area contributed by atoms with Crippen molar-refractivity contribution in [2.45, 2.75) is 25.4 Å². The first kappa shape index (κ1) is 27.0. The predicted molar refractivity (Wildman–Crippen MR) is 135 cm³/mol. The molecule has 1 aliphatic heterocycles. The third kappa shape index (κ3) is 7.18. The zero-order valence-corrected chi connectivity index (χ0v) is 20.1. The van der Waals surface area contributed by atoms with Crippen molar-refractivity contribution in [3.63, 3.8) is 0 Å². The number of carbonyl (C=O) groups excluding carboxylic acids is 2. The monoisotopic (exact) mass is 508 g/mol. The zero-order valence-electron chi connectivity index (χ0n) is 20.1. The van der Waals surface area contributed by atoms with Crippen LogP contribution in [0.5, 0.6) is 5.75 Å². The van der Waals surface area contributed by atoms with Gasteiger partial charge in [-0.2, -0.15) is 0 Å². The molecule has 194 valence electrons. The second-order valence-electron chi connectivity index (χ2n) is 8.22. The number of carbonyl (C=O) groups is 4. The molecule has 4 rings (SSSR count). The number of hydrogen-bond donors (Lipinski definition) is 5. The summed E-state index contributed by atoms with van der Waals surface area (Å²) in [6.45, 7) is 0.817. The summed E-state index contributed by atoms with van der Waals surface area (Å²) >= 11 is 0. The van der Waals surface area contributed by atoms with E-state index in [1.54, 1.807) is 7.11 Å². The van der Waals surface area contributed by atoms with Crippen LogP contribution in [0.2, 0.25) is 0 Å². The number of urea groups is 1. The van der Waals surface area contributed by atoms with Gasteiger partial charge in [0, 0.05) is 35.7 Å². The van der Waals surface area contributed by atoms with Gasteiger partial charge in [-0.25, -0.2) is 14.4 Å². The summed E-state index contributed by atoms with van der Waals surface area (Å²) in [6, 6.07) is 12.5. The van der Waals surface area contributed by atoms with Crippen LogP contribution in [0.25, 0.3) is 10.9 Å². The third-order valence-corrected chi connectivity index (χ3v) is 5.66. The average molecular weight is 509 g/mol. The number of H-pyrrole nitrogens is 1. The maximum Gasteiger partial charge on any atom is 0.328 e. The number of ether oxygens (including phenoxy) is 1. The van der Waals surface area contributed by atoms with Gasteiger partial charge in [0.25, 0.3) is 5.91 Å². The lowest BCUT2D eigenvalue weighted by molar-refractivity contribution is -0.134. The average Bonchev–Trinajstić information content (AvgIpc) is 3.39. The Morgan fingerprint density at radius 2 is 1.70 bits per heavy atom. The number of aliphatic carboxylic acids is 2. The molecule has 37 heavy (non-hydrogen) atoms. The molecule has 0 spiro atoms. The normalized spacial score (nSPS) is 15.0. The van der Waals surface area contributed by atoms with Gasteiger partial charge in [-0.1, -0.05) is 18.2 Å². The van der Waals surface area contributed by atoms with Crippen LogP contribution in [0.15, 0.2) is 60.8 Å². The van der Waals surface area contributed by atoms with Crippen molar-refractivity contribution >= 4 is 34.8 Å². The number of imide groups is 1. The van der Waals surface area contributed by atoms with E-state index in [9.17, 15) is 19.2 Å². The van der Waals surface area contributed by atoms with Crippen molar-refractivity contribution in [3.05, 3.63) is 77.5 Å². The molecule has 2 aromatic carbocycles. The Kier molecular flexibility index (Phi) is 9.00. The molecule has 11 nitrogen and oxygen atoms in total. The highest BCUT2D eigenvalue weighted by molar-refractivity contribution is 6.04. The number of aromatic amines is 1. The van der Waals surface area contributed by atoms with E-state index in [0.29, 0.717) is 25.1 Å². The molecule has 0 saturated carbocycles. The molecule has 1 atom stereocenters. The van der Waals surface area contributed by atoms with E-state index in [2.05, 4.69) is 16.4 Å². The molecule has 1 unspecified atom stereocenters. The maximum atomic E-state index is 12.8. The summed E-state index contributed by atoms with van der Waals surface area (Å²) in [5, 5.41) is 19.5. The number of amides is 3. The van der Waals surface area contributed by atoms with E-state index in [0.717, 1.165) is 39.8 Å². The molecule has 1 fully saturated rings. The van der Waals surface area contributed by atoms with Crippen LogP contribution in [-0.2, 0) is 33.8 Å². The van der Waals surface area contributed by atoms with Crippen molar-refractivity contribution in [3.8, 4) is 5.75 Å². The molecule has 0 radical (unpaired) electrons. The van der Waals surface area contributed by atoms with E-state index in [1.807, 2.05) is 42.6 Å². The molecule has 0 bridgehead atoms. The fourth-order valence-corrected chi connectivity index (χ4v) is 3.87. The third-order valence-electron chi connectivity index (χ3n) is 5.66. The van der Waals surface area contributed by atoms with Crippen LogP contribution in [-0.4, -0.2) is 63.7 Å². The highest BCUT2D eigenvalue weighted by atomic mass is 16.5. The van der Waals surface area contributed by atoms with E-state index >= 15 is 0 Å². The van der Waals surface area contributed by atoms with Crippen molar-refractivity contribution in [1.82, 2.24) is 15.2 Å². The minimum Gasteiger partial charge on any atom is -0.497 e. The van der Waals surface area contributed by atoms with Crippen LogP contribution in [0.3, 0.4) is 0 Å². The van der Waals surface area contributed by atoms with Gasteiger partial charge in [0.2, 0.25) is 0 Å². The lowest BCUT2D eigenvalue weighted by Crippen LogP contribution is -2.32. The number of rotatable bonds is 9. The molecule has 0 aliphatic carbocycles. The first-order valence-electron chi connectivity index (χ1n) is 11.4. The summed E-state index contributed by atoms with van der Waals surface area (Å²) in [4.78, 5) is 48.8. The molecule has 3 amide bonds. The Morgan fingerprint density at radius 3 is 2.30 bits per heavy atom. The lowest BCUT2D eigenvalue weighted by Gasteiger charge is -2.13. The first-order chi connectivity index (χ1) is 17.7. The molecule has 2 heterocycles. The molecule has 6 N–H and O–H groups in total. The molecule has 1 aliphatic rings. The number of benzene rings is 2. The number of nitrogens with one attached hydrogen (secondary N) is 2. The first-order valence-corrected chi connectivity index (χ1v) is 11.4. The van der Waals surface area contributed by atoms with E-state index < -0.39 is 18.0 Å². The topological polar surface area (TPSA) is 175 Å². The zero-order chi connectivity index (χ0) is 26.9. The largest absolute Gasteiger partial charge is 0.497 e. The van der Waals surface area contributed by atoms with Crippen molar-refractivity contribution < 1.29 is 34.1 Å². The van der Waals surface area contributed by atoms with Crippen molar-refractivity contribution in [2.75, 3.05) is 13.7 Å². The number of nitrogens with zero attached hydrogens (tertiary/aromatic N) is 1. The maximum absolute atomic E-state index is 12.8. The van der Waals surface area contributed by atoms with Gasteiger partial charge in [-0.15, -0.1) is 0 Å². The number of carboxylic acid groups (broad SMARTS) is 2. The number of fused-ring (bicyclic) bond motifs is 1. The van der Waals surface area contributed by atoms with Gasteiger partial charge < -0.3 is 31.0 Å². The lowest BCUT2D eigenvalue weighted by atomic mass is 10.0. The Balaban J connectivity index is 0.000000414. The van der Waals surface area contributed by atoms with Gasteiger partial charge in [-0.05, 0) is 53.9 Å². The molecule has 1 saturated heterocycles. The van der Waals surface area contributed by atoms with E-state index in [-0.39, 0.29) is 18.5 Å². The van der Waals surface area contributed by atoms with Crippen LogP contribution in [0, 0.1) is 0 Å². The standard InChI is InChI=1S/C22H24N4O3.C4H4O4/c1-29-17-5-2-14(3-6-17)13-26-21(27)20(25-22(26)28)11-15-4-7-19-18(10-15)16(8-9-23)12-24-19;5-3(6)1-2-4(7)8/h2-7,10,12,20,24H,8-9,11,13,23H2,1H3,(H,25,28);1-2H,(H,5,6)(H,7,8)/b;2-1-. The van der Waals surface area contributed by atoms with Crippen LogP contribution in [0.4, 0.5) is 4.79 Å². The Bertz CT molecular complexity index is 1300. The highest BCUT2D eigenvalue weighted by Crippen LogP contribution is 2.23. The van der Waals surface area contributed by atoms with E-state index in [4.69, 9.17) is 20.7 Å². The van der Waals surface area contributed by atoms with Crippen molar-refractivity contribution in [2.24, 2.45) is 5.73 Å². The molecular weight excluding hydrogens is 480 g/mol. The predicted octanol–water partition coefficient (Wildman–Crippen LogP) is 2.05. The number of carboxylic acids is 2. The number of methoxy groups -OCH3 is 1. The summed E-state index contributed by atoms with van der Waals surface area (Å²) in [7, 11) is 1.60. The molecule has 11 heteroatoms. The second kappa shape index (κ2) is 12.4. The summed E-state index contributed by atoms with van der Waals surface area (Å²) in [5.41, 5.74) is 9.76. The number of hydrogen-bond acceptors (Lipinski definition) is 6. The van der Waals surface area contributed by atoms with Crippen LogP contribution in [0.1, 0.15) is 16.7 Å². The Morgan fingerprint density at radius 1 is 1.05 bits per heavy atom. The highest BCUT2D eigenvalue weighted by Gasteiger charge is 2.37. The van der Waals surface area contributed by atoms with Gasteiger partial charge in [0.1, 0.15) is 11.8 Å². The second-order valence-corrected chi connectivity index (χ2v) is 8.22. The van der Waals surface area contributed by atoms with Gasteiger partial charge in [0.15, 0.2) is 0 Å². The molecule has 1 aromatic heterocycles. The van der Waals surface area contributed by atoms with Gasteiger partial charge in [-0.3, -0.25) is 9.69 Å². The van der Waals surface area contributed by atoms with Crippen molar-refractivity contribution in [1.29, 1.82) is 0 Å². The number of nitrogens with two attached hydrogens (primary N) is 1. The Hall–Kier alpha value is -4.64. The Labute approximate surface area is 212 Å². The minimum atomic E-state index is -1.26. The van der Waals surface area contributed by atoms with Crippen LogP contribution >= 0.6 is 0 Å². The summed E-state index contributed by atoms with van der Waals surface area (Å²) < 4.78 is 5.14. The van der Waals surface area contributed by atoms with Crippen LogP contribution < -0.4 is 15.8 Å².